The quantitative estimate of drug-likeness (QED) is 0.193. The first kappa shape index (κ1) is 26.1. The molecule has 3 aromatic rings. The highest BCUT2D eigenvalue weighted by Gasteiger charge is 2.46. The molecule has 1 aliphatic heterocycles. The molecule has 1 heterocycles. The van der Waals surface area contributed by atoms with Crippen LogP contribution in [0.1, 0.15) is 33.1 Å². The number of nitrogens with zero attached hydrogens (tertiary/aromatic N) is 1. The monoisotopic (exact) mass is 541 g/mol. The fraction of sp³-hybridized carbons (Fsp3) is 0.148. The summed E-state index contributed by atoms with van der Waals surface area (Å²) >= 11 is 12.4. The fourth-order valence-corrected chi connectivity index (χ4v) is 4.77. The summed E-state index contributed by atoms with van der Waals surface area (Å²) in [4.78, 5) is 39.6. The zero-order chi connectivity index (χ0) is 26.9. The summed E-state index contributed by atoms with van der Waals surface area (Å²) in [7, 11) is 2.62. The Morgan fingerprint density at radius 1 is 1.00 bits per heavy atom. The van der Waals surface area contributed by atoms with Gasteiger partial charge >= 0.3 is 5.97 Å². The van der Waals surface area contributed by atoms with Gasteiger partial charge in [0.1, 0.15) is 17.3 Å². The molecule has 10 heteroatoms. The highest BCUT2D eigenvalue weighted by atomic mass is 35.5. The molecule has 2 N–H and O–H groups in total. The first-order valence-corrected chi connectivity index (χ1v) is 11.7. The Morgan fingerprint density at radius 3 is 2.24 bits per heavy atom. The summed E-state index contributed by atoms with van der Waals surface area (Å²) in [6.45, 7) is -0.0121. The highest BCUT2D eigenvalue weighted by molar-refractivity contribution is 6.46. The number of hydrogen-bond donors (Lipinski definition) is 2. The van der Waals surface area contributed by atoms with E-state index in [0.717, 1.165) is 0 Å². The number of benzene rings is 3. The van der Waals surface area contributed by atoms with Gasteiger partial charge in [0.05, 0.1) is 42.0 Å². The van der Waals surface area contributed by atoms with Crippen LogP contribution in [-0.4, -0.2) is 47.0 Å². The molecule has 1 fully saturated rings. The Morgan fingerprint density at radius 2 is 1.65 bits per heavy atom. The van der Waals surface area contributed by atoms with Crippen molar-refractivity contribution in [2.75, 3.05) is 14.2 Å². The van der Waals surface area contributed by atoms with Gasteiger partial charge in [-0.2, -0.15) is 0 Å². The third-order valence-corrected chi connectivity index (χ3v) is 6.44. The Labute approximate surface area is 222 Å². The number of carbonyl (C=O) groups is 3. The van der Waals surface area contributed by atoms with E-state index >= 15 is 0 Å². The molecular formula is C27H21Cl2NO7. The largest absolute Gasteiger partial charge is 0.508 e. The molecule has 190 valence electrons. The molecule has 0 saturated carbocycles. The topological polar surface area (TPSA) is 113 Å². The first-order chi connectivity index (χ1) is 17.7. The van der Waals surface area contributed by atoms with Crippen LogP contribution < -0.4 is 4.74 Å². The smallest absolute Gasteiger partial charge is 0.337 e. The van der Waals surface area contributed by atoms with Crippen LogP contribution in [0.3, 0.4) is 0 Å². The summed E-state index contributed by atoms with van der Waals surface area (Å²) in [6, 6.07) is 14.1. The lowest BCUT2D eigenvalue weighted by Gasteiger charge is -2.25. The number of rotatable bonds is 6. The number of methoxy groups -OCH3 is 2. The number of halogens is 2. The number of carbonyl (C=O) groups excluding carboxylic acids is 3. The number of phenolic OH excluding ortho intramolecular Hbond substituents is 1. The zero-order valence-corrected chi connectivity index (χ0v) is 21.2. The van der Waals surface area contributed by atoms with E-state index in [2.05, 4.69) is 0 Å². The number of hydrogen-bond acceptors (Lipinski definition) is 7. The average molecular weight is 542 g/mol. The van der Waals surface area contributed by atoms with Gasteiger partial charge in [-0.1, -0.05) is 47.5 Å². The lowest BCUT2D eigenvalue weighted by Crippen LogP contribution is -2.29. The Bertz CT molecular complexity index is 1420. The second-order valence-electron chi connectivity index (χ2n) is 8.18. The van der Waals surface area contributed by atoms with Gasteiger partial charge in [0.25, 0.3) is 11.7 Å². The summed E-state index contributed by atoms with van der Waals surface area (Å²) in [5.41, 5.74) is 1.27. The van der Waals surface area contributed by atoms with E-state index in [1.165, 1.54) is 43.4 Å². The maximum absolute atomic E-state index is 13.3. The zero-order valence-electron chi connectivity index (χ0n) is 19.7. The fourth-order valence-electron chi connectivity index (χ4n) is 4.20. The van der Waals surface area contributed by atoms with Crippen molar-refractivity contribution in [3.05, 3.63) is 98.5 Å². The molecule has 4 rings (SSSR count). The SMILES string of the molecule is COC(=O)c1ccc(CN2C(=O)C(=O)/C(=C(/O)c3cc(Cl)cc(Cl)c3OC)C2c2ccc(O)cc2)cc1. The number of aliphatic hydroxyl groups is 1. The summed E-state index contributed by atoms with van der Waals surface area (Å²) < 4.78 is 10.0. The lowest BCUT2D eigenvalue weighted by atomic mass is 9.94. The number of phenols is 1. The number of Topliss-reactive ketones (excluding diaryl/α,β-unsaturated/α-hetero) is 1. The molecule has 8 nitrogen and oxygen atoms in total. The van der Waals surface area contributed by atoms with Crippen LogP contribution in [0.4, 0.5) is 0 Å². The Balaban J connectivity index is 1.86. The molecule has 1 aliphatic rings. The van der Waals surface area contributed by atoms with E-state index in [4.69, 9.17) is 32.7 Å². The van der Waals surface area contributed by atoms with E-state index in [9.17, 15) is 24.6 Å². The van der Waals surface area contributed by atoms with Crippen LogP contribution in [-0.2, 0) is 20.9 Å². The van der Waals surface area contributed by atoms with E-state index < -0.39 is 29.5 Å². The van der Waals surface area contributed by atoms with Crippen molar-refractivity contribution >= 4 is 46.6 Å². The van der Waals surface area contributed by atoms with Crippen molar-refractivity contribution in [1.82, 2.24) is 4.90 Å². The van der Waals surface area contributed by atoms with Crippen LogP contribution in [0, 0.1) is 0 Å². The lowest BCUT2D eigenvalue weighted by molar-refractivity contribution is -0.140. The van der Waals surface area contributed by atoms with Crippen LogP contribution >= 0.6 is 23.2 Å². The summed E-state index contributed by atoms with van der Waals surface area (Å²) in [6.07, 6.45) is 0. The van der Waals surface area contributed by atoms with E-state index in [1.807, 2.05) is 0 Å². The molecule has 0 bridgehead atoms. The molecule has 0 spiro atoms. The van der Waals surface area contributed by atoms with Gasteiger partial charge in [-0.3, -0.25) is 9.59 Å². The van der Waals surface area contributed by atoms with E-state index in [1.54, 1.807) is 36.4 Å². The van der Waals surface area contributed by atoms with Gasteiger partial charge in [-0.25, -0.2) is 4.79 Å². The van der Waals surface area contributed by atoms with Crippen molar-refractivity contribution < 1.29 is 34.1 Å². The molecule has 0 radical (unpaired) electrons. The van der Waals surface area contributed by atoms with Crippen molar-refractivity contribution in [3.63, 3.8) is 0 Å². The minimum atomic E-state index is -1.01. The number of aromatic hydroxyl groups is 1. The number of likely N-dealkylation sites (tertiary alicyclic amines) is 1. The molecule has 0 aromatic heterocycles. The molecule has 1 atom stereocenters. The number of amides is 1. The number of ether oxygens (including phenoxy) is 2. The second kappa shape index (κ2) is 10.5. The number of esters is 1. The maximum Gasteiger partial charge on any atom is 0.337 e. The van der Waals surface area contributed by atoms with Crippen molar-refractivity contribution in [2.24, 2.45) is 0 Å². The predicted octanol–water partition coefficient (Wildman–Crippen LogP) is 5.12. The van der Waals surface area contributed by atoms with Gasteiger partial charge in [-0.15, -0.1) is 0 Å². The van der Waals surface area contributed by atoms with Crippen molar-refractivity contribution in [1.29, 1.82) is 0 Å². The summed E-state index contributed by atoms with van der Waals surface area (Å²) in [5, 5.41) is 21.4. The number of ketones is 1. The third-order valence-electron chi connectivity index (χ3n) is 5.94. The van der Waals surface area contributed by atoms with Crippen LogP contribution in [0.5, 0.6) is 11.5 Å². The third kappa shape index (κ3) is 4.98. The Kier molecular flexibility index (Phi) is 7.42. The molecular weight excluding hydrogens is 521 g/mol. The van der Waals surface area contributed by atoms with Crippen molar-refractivity contribution in [2.45, 2.75) is 12.6 Å². The van der Waals surface area contributed by atoms with E-state index in [-0.39, 0.29) is 39.2 Å². The molecule has 1 saturated heterocycles. The minimum Gasteiger partial charge on any atom is -0.508 e. The normalized spacial score (nSPS) is 16.6. The van der Waals surface area contributed by atoms with Gasteiger partial charge in [-0.05, 0) is 47.5 Å². The first-order valence-electron chi connectivity index (χ1n) is 10.9. The minimum absolute atomic E-state index is 0.0117. The van der Waals surface area contributed by atoms with Crippen LogP contribution in [0.25, 0.3) is 5.76 Å². The van der Waals surface area contributed by atoms with Crippen LogP contribution in [0.2, 0.25) is 10.0 Å². The summed E-state index contributed by atoms with van der Waals surface area (Å²) in [5.74, 6) is -2.71. The maximum atomic E-state index is 13.3. The predicted molar refractivity (Wildman–Crippen MR) is 137 cm³/mol. The standard InChI is InChI=1S/C27H21Cl2NO7/c1-36-25-19(11-17(28)12-20(25)29)23(32)21-22(15-7-9-18(31)10-8-15)30(26(34)24(21)33)13-14-3-5-16(6-4-14)27(35)37-2/h3-12,22,31-32H,13H2,1-2H3/b23-21+. The molecule has 3 aromatic carbocycles. The number of aliphatic hydroxyl groups excluding tert-OH is 1. The van der Waals surface area contributed by atoms with E-state index in [0.29, 0.717) is 16.7 Å². The van der Waals surface area contributed by atoms with Gasteiger partial charge in [0.15, 0.2) is 0 Å². The molecule has 1 amide bonds. The highest BCUT2D eigenvalue weighted by Crippen LogP contribution is 2.44. The second-order valence-corrected chi connectivity index (χ2v) is 9.02. The molecule has 37 heavy (non-hydrogen) atoms. The van der Waals surface area contributed by atoms with Crippen LogP contribution in [0.15, 0.2) is 66.2 Å². The average Bonchev–Trinajstić information content (AvgIpc) is 3.13. The molecule has 1 unspecified atom stereocenters. The Hall–Kier alpha value is -4.01. The van der Waals surface area contributed by atoms with Gasteiger partial charge in [0.2, 0.25) is 0 Å². The van der Waals surface area contributed by atoms with Gasteiger partial charge < -0.3 is 24.6 Å². The van der Waals surface area contributed by atoms with Crippen molar-refractivity contribution in [3.8, 4) is 11.5 Å². The van der Waals surface area contributed by atoms with Gasteiger partial charge in [0, 0.05) is 11.6 Å². The molecule has 0 aliphatic carbocycles.